The Morgan fingerprint density at radius 3 is 0.650 bits per heavy atom. The minimum absolute atomic E-state index is 0.524. The molecule has 0 bridgehead atoms. The summed E-state index contributed by atoms with van der Waals surface area (Å²) >= 11 is 0. The van der Waals surface area contributed by atoms with Gasteiger partial charge in [-0.2, -0.15) is 19.9 Å². The number of hydrogen-bond acceptors (Lipinski definition) is 6. The van der Waals surface area contributed by atoms with Gasteiger partial charge in [-0.1, -0.05) is 340 Å². The summed E-state index contributed by atoms with van der Waals surface area (Å²) in [5.41, 5.74) is 9.42. The van der Waals surface area contributed by atoms with Crippen molar-refractivity contribution < 1.29 is 0 Å². The summed E-state index contributed by atoms with van der Waals surface area (Å²) in [5.74, 6) is 3.27. The number of benzene rings is 14. The second-order valence-corrected chi connectivity index (χ2v) is 32.9. The fourth-order valence-electron chi connectivity index (χ4n) is 15.3. The van der Waals surface area contributed by atoms with Crippen molar-refractivity contribution in [2.24, 2.45) is 0 Å². The van der Waals surface area contributed by atoms with Crippen LogP contribution in [0.3, 0.4) is 0 Å². The molecule has 0 saturated carbocycles. The molecule has 4 heterocycles. The molecule has 8 nitrogen and oxygen atoms in total. The van der Waals surface area contributed by atoms with Crippen molar-refractivity contribution in [3.05, 3.63) is 376 Å². The van der Waals surface area contributed by atoms with Crippen LogP contribution < -0.4 is 41.5 Å². The SMILES string of the molecule is c1ccc([Si](c2ccccc2)(c2ccccc2)c2cccc(-c3nc(-c4cccc(-c5cccc(-c6nc(-c7cccc([Si](c8ccccc8)(c8ccccc8)c8ccccc8)c7)nc(-n7c8ccccc8c8ccccc87)n6)c5)c4)nc(-n4c5ccccc5c5ccccc54)n3)c2)cc1. The summed E-state index contributed by atoms with van der Waals surface area (Å²) in [6.07, 6.45) is 0. The highest BCUT2D eigenvalue weighted by atomic mass is 28.3. The lowest BCUT2D eigenvalue weighted by Gasteiger charge is -2.34. The van der Waals surface area contributed by atoms with Gasteiger partial charge in [0.05, 0.1) is 22.1 Å². The van der Waals surface area contributed by atoms with Gasteiger partial charge in [-0.3, -0.25) is 9.13 Å². The lowest BCUT2D eigenvalue weighted by atomic mass is 10.0. The number of para-hydroxylation sites is 4. The standard InChI is InChI=1S/C90H62N8Si2/c1-7-37-69(38-8-1)99(70-39-9-2-10-40-70,71-41-11-3-12-42-71)75-49-29-35-67(61-75)87-91-85(93-89(95-87)97-81-55-23-19-51-77(81)78-52-20-24-56-82(78)97)65-33-27-31-63(59-65)64-32-28-34-66(60-64)86-92-88(96-90(94-86)98-83-57-25-21-53-79(83)80-54-22-26-58-84(80)98)68-36-30-50-76(62-68)100(72-43-13-4-14-44-72,73-45-15-5-16-46-73)74-47-17-6-18-48-74/h1-62H. The van der Waals surface area contributed by atoms with Crippen molar-refractivity contribution in [1.29, 1.82) is 0 Å². The van der Waals surface area contributed by atoms with Crippen LogP contribution in [0, 0.1) is 0 Å². The largest absolute Gasteiger partial charge is 0.278 e. The summed E-state index contributed by atoms with van der Waals surface area (Å²) in [5, 5.41) is 14.6. The van der Waals surface area contributed by atoms with Gasteiger partial charge in [0, 0.05) is 43.8 Å². The van der Waals surface area contributed by atoms with E-state index < -0.39 is 16.1 Å². The van der Waals surface area contributed by atoms with Crippen molar-refractivity contribution in [1.82, 2.24) is 39.0 Å². The van der Waals surface area contributed by atoms with Gasteiger partial charge in [0.2, 0.25) is 11.9 Å². The van der Waals surface area contributed by atoms with Gasteiger partial charge in [0.15, 0.2) is 39.4 Å². The van der Waals surface area contributed by atoms with Crippen LogP contribution in [0.5, 0.6) is 0 Å². The Kier molecular flexibility index (Phi) is 15.1. The fraction of sp³-hybridized carbons (Fsp3) is 0. The number of fused-ring (bicyclic) bond motifs is 6. The van der Waals surface area contributed by atoms with Gasteiger partial charge in [0.1, 0.15) is 0 Å². The average Bonchev–Trinajstić information content (AvgIpc) is 0.911. The average molecular weight is 1310 g/mol. The van der Waals surface area contributed by atoms with E-state index in [1.54, 1.807) is 0 Å². The zero-order chi connectivity index (χ0) is 66.4. The molecule has 0 saturated heterocycles. The first-order chi connectivity index (χ1) is 49.6. The van der Waals surface area contributed by atoms with Crippen molar-refractivity contribution in [2.75, 3.05) is 0 Å². The third-order valence-corrected chi connectivity index (χ3v) is 29.3. The van der Waals surface area contributed by atoms with E-state index in [-0.39, 0.29) is 0 Å². The molecule has 0 radical (unpaired) electrons. The maximum Gasteiger partial charge on any atom is 0.238 e. The fourth-order valence-corrected chi connectivity index (χ4v) is 24.9. The lowest BCUT2D eigenvalue weighted by Crippen LogP contribution is -2.74. The van der Waals surface area contributed by atoms with Crippen molar-refractivity contribution in [3.8, 4) is 68.6 Å². The zero-order valence-electron chi connectivity index (χ0n) is 54.4. The molecule has 18 aromatic rings. The second-order valence-electron chi connectivity index (χ2n) is 25.3. The number of hydrogen-bond donors (Lipinski definition) is 0. The van der Waals surface area contributed by atoms with E-state index in [0.29, 0.717) is 35.2 Å². The second kappa shape index (κ2) is 25.3. The monoisotopic (exact) mass is 1310 g/mol. The predicted molar refractivity (Wildman–Crippen MR) is 416 cm³/mol. The van der Waals surface area contributed by atoms with E-state index >= 15 is 0 Å². The molecule has 0 unspecified atom stereocenters. The van der Waals surface area contributed by atoms with Crippen LogP contribution in [0.2, 0.25) is 0 Å². The van der Waals surface area contributed by atoms with E-state index in [2.05, 4.69) is 385 Å². The smallest absolute Gasteiger partial charge is 0.238 e. The topological polar surface area (TPSA) is 87.2 Å². The van der Waals surface area contributed by atoms with Crippen LogP contribution >= 0.6 is 0 Å². The summed E-state index contributed by atoms with van der Waals surface area (Å²) < 4.78 is 4.38. The molecule has 0 fully saturated rings. The Hall–Kier alpha value is -12.9. The molecule has 0 aliphatic heterocycles. The normalized spacial score (nSPS) is 11.8. The highest BCUT2D eigenvalue weighted by molar-refractivity contribution is 7.20. The summed E-state index contributed by atoms with van der Waals surface area (Å²) in [6, 6.07) is 135. The van der Waals surface area contributed by atoms with Gasteiger partial charge < -0.3 is 0 Å². The minimum Gasteiger partial charge on any atom is -0.278 e. The molecule has 0 atom stereocenters. The minimum atomic E-state index is -2.95. The molecule has 14 aromatic carbocycles. The lowest BCUT2D eigenvalue weighted by molar-refractivity contribution is 0.953. The van der Waals surface area contributed by atoms with Gasteiger partial charge >= 0.3 is 0 Å². The molecule has 18 rings (SSSR count). The highest BCUT2D eigenvalue weighted by Crippen LogP contribution is 2.36. The van der Waals surface area contributed by atoms with Crippen LogP contribution in [-0.4, -0.2) is 55.2 Å². The van der Waals surface area contributed by atoms with Gasteiger partial charge in [0.25, 0.3) is 0 Å². The van der Waals surface area contributed by atoms with E-state index in [0.717, 1.165) is 77.0 Å². The van der Waals surface area contributed by atoms with E-state index in [9.17, 15) is 0 Å². The van der Waals surface area contributed by atoms with Crippen molar-refractivity contribution in [3.63, 3.8) is 0 Å². The van der Waals surface area contributed by atoms with Gasteiger partial charge in [-0.15, -0.1) is 0 Å². The molecular weight excluding hydrogens is 1250 g/mol. The maximum absolute atomic E-state index is 5.53. The van der Waals surface area contributed by atoms with E-state index in [4.69, 9.17) is 29.9 Å². The Balaban J connectivity index is 0.802. The third-order valence-electron chi connectivity index (χ3n) is 19.7. The number of rotatable bonds is 15. The summed E-state index contributed by atoms with van der Waals surface area (Å²) in [4.78, 5) is 33.1. The van der Waals surface area contributed by atoms with Crippen LogP contribution in [0.15, 0.2) is 376 Å². The molecular formula is C90H62N8Si2. The predicted octanol–water partition coefficient (Wildman–Crippen LogP) is 15.3. The van der Waals surface area contributed by atoms with E-state index in [1.165, 1.54) is 41.5 Å². The first kappa shape index (κ1) is 59.6. The molecule has 100 heavy (non-hydrogen) atoms. The first-order valence-corrected chi connectivity index (χ1v) is 37.8. The third kappa shape index (κ3) is 10.2. The molecule has 0 amide bonds. The molecule has 10 heteroatoms. The molecule has 470 valence electrons. The van der Waals surface area contributed by atoms with Crippen LogP contribution in [0.1, 0.15) is 0 Å². The molecule has 0 aliphatic carbocycles. The van der Waals surface area contributed by atoms with Gasteiger partial charge in [-0.05, 0) is 89.0 Å². The zero-order valence-corrected chi connectivity index (χ0v) is 56.4. The molecule has 0 aliphatic rings. The van der Waals surface area contributed by atoms with Crippen LogP contribution in [0.25, 0.3) is 112 Å². The molecule has 0 N–H and O–H groups in total. The Morgan fingerprint density at radius 1 is 0.170 bits per heavy atom. The molecule has 4 aromatic heterocycles. The summed E-state index contributed by atoms with van der Waals surface area (Å²) in [6.45, 7) is 0. The van der Waals surface area contributed by atoms with E-state index in [1.807, 2.05) is 0 Å². The number of aromatic nitrogens is 8. The number of nitrogens with zero attached hydrogens (tertiary/aromatic N) is 8. The van der Waals surface area contributed by atoms with Crippen molar-refractivity contribution >= 4 is 101 Å². The van der Waals surface area contributed by atoms with Gasteiger partial charge in [-0.25, -0.2) is 9.97 Å². The quantitative estimate of drug-likeness (QED) is 0.0751. The molecule has 0 spiro atoms. The Labute approximate surface area is 581 Å². The Morgan fingerprint density at radius 2 is 0.380 bits per heavy atom. The summed E-state index contributed by atoms with van der Waals surface area (Å²) in [7, 11) is -5.90. The van der Waals surface area contributed by atoms with Crippen LogP contribution in [-0.2, 0) is 0 Å². The first-order valence-electron chi connectivity index (χ1n) is 33.8. The maximum atomic E-state index is 5.53. The Bertz CT molecular complexity index is 5380. The van der Waals surface area contributed by atoms with Crippen LogP contribution in [0.4, 0.5) is 0 Å². The highest BCUT2D eigenvalue weighted by Gasteiger charge is 2.43. The van der Waals surface area contributed by atoms with Crippen molar-refractivity contribution in [2.45, 2.75) is 0 Å².